The monoisotopic (exact) mass is 1560 g/mol. The van der Waals surface area contributed by atoms with Crippen LogP contribution in [0.5, 0.6) is 5.75 Å². The number of aliphatic carboxylic acids is 1. The number of phenolic OH excluding ortho intramolecular Hbond substituents is 1. The van der Waals surface area contributed by atoms with Crippen LogP contribution >= 0.6 is 11.8 Å². The zero-order chi connectivity index (χ0) is 81.8. The van der Waals surface area contributed by atoms with E-state index in [2.05, 4.69) is 84.1 Å². The Hall–Kier alpha value is -11.5. The van der Waals surface area contributed by atoms with Gasteiger partial charge in [-0.15, -0.1) is 11.8 Å². The molecule has 3 aromatic carbocycles. The Balaban J connectivity index is 1.42. The molecular weight excluding hydrogens is 1460 g/mol. The number of nitrogens with zero attached hydrogens (tertiary/aromatic N) is 1. The summed E-state index contributed by atoms with van der Waals surface area (Å²) in [6.07, 6.45) is -0.0837. The molecular formula is C74H101N17O19S. The molecule has 0 saturated carbocycles. The van der Waals surface area contributed by atoms with Crippen LogP contribution in [-0.4, -0.2) is 227 Å². The summed E-state index contributed by atoms with van der Waals surface area (Å²) in [6.45, 7) is 10.8. The Labute approximate surface area is 644 Å². The third kappa shape index (κ3) is 28.8. The first-order valence-corrected chi connectivity index (χ1v) is 37.4. The summed E-state index contributed by atoms with van der Waals surface area (Å²) in [6, 6.07) is 0.794. The van der Waals surface area contributed by atoms with Gasteiger partial charge in [0.05, 0.1) is 43.5 Å². The van der Waals surface area contributed by atoms with E-state index in [1.165, 1.54) is 43.7 Å². The molecule has 14 amide bonds. The number of aliphatic hydroxyl groups is 2. The first-order chi connectivity index (χ1) is 52.6. The summed E-state index contributed by atoms with van der Waals surface area (Å²) in [4.78, 5) is 222. The number of H-pyrrole nitrogens is 2. The van der Waals surface area contributed by atoms with Gasteiger partial charge in [-0.2, -0.15) is 0 Å². The molecule has 13 atom stereocenters. The van der Waals surface area contributed by atoms with Gasteiger partial charge in [-0.1, -0.05) is 102 Å². The number of aromatic nitrogens is 3. The number of aliphatic hydroxyl groups excluding tert-OH is 2. The maximum absolute atomic E-state index is 14.9. The molecule has 36 nitrogen and oxygen atoms in total. The van der Waals surface area contributed by atoms with Gasteiger partial charge < -0.3 is 105 Å². The van der Waals surface area contributed by atoms with Crippen molar-refractivity contribution in [2.24, 2.45) is 23.5 Å². The van der Waals surface area contributed by atoms with E-state index in [1.54, 1.807) is 102 Å². The zero-order valence-electron chi connectivity index (χ0n) is 62.8. The second-order valence-electron chi connectivity index (χ2n) is 28.4. The molecule has 1 aliphatic heterocycles. The Kier molecular flexibility index (Phi) is 34.3. The van der Waals surface area contributed by atoms with Crippen LogP contribution in [-0.2, 0) is 97.6 Å². The number of hydrogen-bond donors (Lipinski definition) is 20. The van der Waals surface area contributed by atoms with Crippen molar-refractivity contribution in [2.75, 3.05) is 24.7 Å². The first-order valence-electron chi connectivity index (χ1n) is 36.2. The number of fused-ring (bicyclic) bond motifs is 1. The molecule has 0 unspecified atom stereocenters. The molecule has 5 aromatic rings. The summed E-state index contributed by atoms with van der Waals surface area (Å²) < 4.78 is 0. The fraction of sp³-hybridized carbons (Fsp3) is 0.486. The Morgan fingerprint density at radius 2 is 0.982 bits per heavy atom. The number of carboxylic acids is 1. The first kappa shape index (κ1) is 88.4. The van der Waals surface area contributed by atoms with Gasteiger partial charge in [0.2, 0.25) is 82.7 Å². The van der Waals surface area contributed by atoms with Crippen molar-refractivity contribution in [3.8, 4) is 5.75 Å². The molecule has 111 heavy (non-hydrogen) atoms. The third-order valence-corrected chi connectivity index (χ3v) is 18.6. The van der Waals surface area contributed by atoms with Gasteiger partial charge in [-0.25, -0.2) is 4.98 Å². The van der Waals surface area contributed by atoms with E-state index in [0.29, 0.717) is 27.6 Å². The normalized spacial score (nSPS) is 23.9. The van der Waals surface area contributed by atoms with Crippen molar-refractivity contribution in [3.05, 3.63) is 120 Å². The number of primary amides is 1. The molecule has 1 fully saturated rings. The van der Waals surface area contributed by atoms with Gasteiger partial charge in [0, 0.05) is 54.7 Å². The minimum absolute atomic E-state index is 0.0813. The highest BCUT2D eigenvalue weighted by Gasteiger charge is 2.39. The number of imidazole rings is 1. The number of carbonyl (C=O) groups excluding carboxylic acids is 14. The molecule has 37 heteroatoms. The lowest BCUT2D eigenvalue weighted by Gasteiger charge is -2.29. The lowest BCUT2D eigenvalue weighted by atomic mass is 9.99. The molecule has 1 aliphatic rings. The van der Waals surface area contributed by atoms with Crippen LogP contribution in [0.4, 0.5) is 0 Å². The minimum atomic E-state index is -1.98. The fourth-order valence-corrected chi connectivity index (χ4v) is 12.7. The number of carbonyl (C=O) groups is 15. The van der Waals surface area contributed by atoms with Gasteiger partial charge in [-0.3, -0.25) is 71.9 Å². The molecule has 0 aliphatic carbocycles. The summed E-state index contributed by atoms with van der Waals surface area (Å²) in [7, 11) is 0. The van der Waals surface area contributed by atoms with Gasteiger partial charge >= 0.3 is 5.97 Å². The number of amides is 14. The van der Waals surface area contributed by atoms with Crippen LogP contribution in [0.1, 0.15) is 103 Å². The quantitative estimate of drug-likeness (QED) is 0.0349. The maximum atomic E-state index is 14.9. The van der Waals surface area contributed by atoms with Crippen LogP contribution in [0.15, 0.2) is 97.6 Å². The van der Waals surface area contributed by atoms with Crippen molar-refractivity contribution in [2.45, 2.75) is 185 Å². The standard InChI is InChI=1S/C74H101N17O19S/c1-37(2)22-49-67(103)89-57(33-92)73(109)91-62(41(8)93)74(110)88-51(24-39(5)6)66(102)83-50(23-38(3)4)68(104)90-58(64(100)78-32-59(75)95)34-111-35-60(96)81-52(26-43-18-20-46(94)21-19-43)69(105)86-55(28-45-31-76-36-79-45)72(108)85-53(25-42-14-10-9-11-15-42)70(106)87-56(29-61(97)98)65(101)80-40(7)63(99)82-54(71(107)84-49)27-44-30-77-48-17-13-12-16-47(44)48/h9-21,30-31,36-41,49-58,62,77,92-94H,22-29,32-35H2,1-8H3,(H2,75,95)(H,76,79)(H,78,100)(H,80,101)(H,81,96)(H,82,99)(H,83,102)(H,84,107)(H,85,108)(H,86,105)(H,87,106)(H,88,110)(H,89,103)(H,90,104)(H,91,109)(H,97,98)/t40-,41+,49-,50-,51-,52-,53-,54-,55-,56-,57-,58-,62-/m0/s1. The molecule has 6 rings (SSSR count). The van der Waals surface area contributed by atoms with E-state index in [0.717, 1.165) is 18.7 Å². The number of aromatic hydroxyl groups is 1. The lowest BCUT2D eigenvalue weighted by Crippen LogP contribution is -2.62. The van der Waals surface area contributed by atoms with Crippen molar-refractivity contribution >= 4 is 111 Å². The van der Waals surface area contributed by atoms with Crippen molar-refractivity contribution < 1.29 is 92.3 Å². The summed E-state index contributed by atoms with van der Waals surface area (Å²) in [5.74, 6) is -18.2. The largest absolute Gasteiger partial charge is 0.508 e. The van der Waals surface area contributed by atoms with Crippen LogP contribution in [0.2, 0.25) is 0 Å². The van der Waals surface area contributed by atoms with E-state index in [1.807, 2.05) is 0 Å². The van der Waals surface area contributed by atoms with E-state index in [-0.39, 0.29) is 74.1 Å². The summed E-state index contributed by atoms with van der Waals surface area (Å²) in [5, 5.41) is 75.3. The number of rotatable bonds is 21. The molecule has 2 aromatic heterocycles. The van der Waals surface area contributed by atoms with Crippen LogP contribution in [0.3, 0.4) is 0 Å². The number of carboxylic acid groups (broad SMARTS) is 1. The highest BCUT2D eigenvalue weighted by molar-refractivity contribution is 8.00. The number of para-hydroxylation sites is 1. The van der Waals surface area contributed by atoms with E-state index < -0.39 is 198 Å². The number of nitrogens with two attached hydrogens (primary N) is 1. The molecule has 602 valence electrons. The van der Waals surface area contributed by atoms with Crippen LogP contribution in [0, 0.1) is 17.8 Å². The second kappa shape index (κ2) is 43.1. The number of thioether (sulfide) groups is 1. The fourth-order valence-electron chi connectivity index (χ4n) is 11.9. The number of nitrogens with one attached hydrogen (secondary N) is 15. The van der Waals surface area contributed by atoms with E-state index in [4.69, 9.17) is 5.73 Å². The van der Waals surface area contributed by atoms with Gasteiger partial charge in [0.1, 0.15) is 78.3 Å². The summed E-state index contributed by atoms with van der Waals surface area (Å²) in [5.41, 5.74) is 7.52. The van der Waals surface area contributed by atoms with Gasteiger partial charge in [0.15, 0.2) is 0 Å². The molecule has 0 bridgehead atoms. The Bertz CT molecular complexity index is 4070. The number of aromatic amines is 2. The predicted molar refractivity (Wildman–Crippen MR) is 404 cm³/mol. The Morgan fingerprint density at radius 3 is 1.51 bits per heavy atom. The van der Waals surface area contributed by atoms with Crippen molar-refractivity contribution in [1.29, 1.82) is 0 Å². The molecule has 1 saturated heterocycles. The Morgan fingerprint density at radius 1 is 0.523 bits per heavy atom. The van der Waals surface area contributed by atoms with Crippen molar-refractivity contribution in [3.63, 3.8) is 0 Å². The zero-order valence-corrected chi connectivity index (χ0v) is 63.6. The van der Waals surface area contributed by atoms with Crippen molar-refractivity contribution in [1.82, 2.24) is 84.1 Å². The maximum Gasteiger partial charge on any atom is 0.305 e. The van der Waals surface area contributed by atoms with Crippen LogP contribution in [0.25, 0.3) is 10.9 Å². The third-order valence-electron chi connectivity index (χ3n) is 17.5. The average molecular weight is 1560 g/mol. The predicted octanol–water partition coefficient (Wildman–Crippen LogP) is -2.96. The second-order valence-corrected chi connectivity index (χ2v) is 29.4. The molecule has 3 heterocycles. The van der Waals surface area contributed by atoms with Gasteiger partial charge in [-0.05, 0) is 85.8 Å². The van der Waals surface area contributed by atoms with E-state index in [9.17, 15) is 92.3 Å². The molecule has 0 spiro atoms. The highest BCUT2D eigenvalue weighted by atomic mass is 32.2. The number of phenols is 1. The van der Waals surface area contributed by atoms with Crippen LogP contribution < -0.4 is 74.9 Å². The smallest absolute Gasteiger partial charge is 0.305 e. The number of hydrogen-bond acceptors (Lipinski definition) is 20. The molecule has 0 radical (unpaired) electrons. The lowest BCUT2D eigenvalue weighted by molar-refractivity contribution is -0.141. The topological polar surface area (TPSA) is 564 Å². The summed E-state index contributed by atoms with van der Waals surface area (Å²) >= 11 is 0.768. The highest BCUT2D eigenvalue weighted by Crippen LogP contribution is 2.21. The minimum Gasteiger partial charge on any atom is -0.508 e. The van der Waals surface area contributed by atoms with Gasteiger partial charge in [0.25, 0.3) is 0 Å². The molecule has 21 N–H and O–H groups in total. The average Bonchev–Trinajstić information content (AvgIpc) is 1.70. The SMILES string of the molecule is CC(C)C[C@@H]1NC(=O)[C@H](Cc2c[nH]c3ccccc23)NC(=O)[C@H](C)NC(=O)[C@H](CC(=O)O)NC(=O)[C@H](Cc2ccccc2)NC(=O)[C@H](Cc2c[nH]cn2)NC(=O)[C@H](Cc2ccc(O)cc2)NC(=O)CSC[C@@H](C(=O)NCC(N)=O)NC(=O)[C@H](CC(C)C)NC(=O)[C@H](CC(C)C)NC(=O)[C@H]([C@@H](C)O)NC(=O)[C@H](CO)NC1=O. The number of benzene rings is 3. The van der Waals surface area contributed by atoms with E-state index >= 15 is 0 Å².